The predicted octanol–water partition coefficient (Wildman–Crippen LogP) is 1.71. The number of hydrogen-bond donors (Lipinski definition) is 0. The molecule has 0 saturated carbocycles. The zero-order valence-corrected chi connectivity index (χ0v) is 7.14. The number of likely N-dealkylation sites (tertiary alicyclic amines) is 1. The highest BCUT2D eigenvalue weighted by atomic mass is 19.3. The quantitative estimate of drug-likeness (QED) is 0.651. The van der Waals surface area contributed by atoms with E-state index in [0.717, 1.165) is 13.1 Å². The Morgan fingerprint density at radius 2 is 1.83 bits per heavy atom. The Morgan fingerprint density at radius 1 is 1.17 bits per heavy atom. The summed E-state index contributed by atoms with van der Waals surface area (Å²) in [6.07, 6.45) is 3.65. The van der Waals surface area contributed by atoms with Crippen LogP contribution < -0.4 is 0 Å². The van der Waals surface area contributed by atoms with Gasteiger partial charge in [-0.05, 0) is 25.9 Å². The summed E-state index contributed by atoms with van der Waals surface area (Å²) < 4.78 is 27.3. The molecule has 72 valence electrons. The maximum absolute atomic E-state index is 11.5. The molecule has 1 saturated heterocycles. The third-order valence-electron chi connectivity index (χ3n) is 2.10. The molecular weight excluding hydrogens is 164 g/mol. The van der Waals surface area contributed by atoms with Crippen molar-refractivity contribution in [1.82, 2.24) is 4.90 Å². The Bertz CT molecular complexity index is 116. The molecule has 1 fully saturated rings. The van der Waals surface area contributed by atoms with Crippen LogP contribution in [0.5, 0.6) is 0 Å². The van der Waals surface area contributed by atoms with E-state index in [-0.39, 0.29) is 6.61 Å². The normalized spacial score (nSPS) is 20.2. The van der Waals surface area contributed by atoms with Gasteiger partial charge in [0.1, 0.15) is 0 Å². The number of ether oxygens (including phenoxy) is 1. The molecule has 1 aliphatic heterocycles. The van der Waals surface area contributed by atoms with E-state index in [4.69, 9.17) is 0 Å². The summed E-state index contributed by atoms with van der Waals surface area (Å²) in [5.41, 5.74) is 0. The first-order valence-corrected chi connectivity index (χ1v) is 4.41. The molecule has 4 heteroatoms. The van der Waals surface area contributed by atoms with Gasteiger partial charge in [0.15, 0.2) is 0 Å². The van der Waals surface area contributed by atoms with Crippen LogP contribution in [0.25, 0.3) is 0 Å². The monoisotopic (exact) mass is 179 g/mol. The second kappa shape index (κ2) is 5.43. The first kappa shape index (κ1) is 9.86. The minimum Gasteiger partial charge on any atom is -0.322 e. The molecule has 0 aromatic carbocycles. The molecule has 1 rings (SSSR count). The standard InChI is InChI=1S/C8H15F2NO/c9-8(10)12-7-6-11-4-2-1-3-5-11/h8H,1-7H2. The van der Waals surface area contributed by atoms with Gasteiger partial charge in [0.05, 0.1) is 6.61 Å². The lowest BCUT2D eigenvalue weighted by molar-refractivity contribution is -0.132. The van der Waals surface area contributed by atoms with Crippen molar-refractivity contribution >= 4 is 0 Å². The molecule has 0 radical (unpaired) electrons. The van der Waals surface area contributed by atoms with Crippen molar-refractivity contribution in [2.75, 3.05) is 26.2 Å². The summed E-state index contributed by atoms with van der Waals surface area (Å²) in [6.45, 7) is 0.246. The van der Waals surface area contributed by atoms with E-state index < -0.39 is 6.61 Å². The lowest BCUT2D eigenvalue weighted by Gasteiger charge is -2.25. The molecule has 0 atom stereocenters. The van der Waals surface area contributed by atoms with Crippen LogP contribution in [-0.4, -0.2) is 37.8 Å². The molecule has 0 amide bonds. The molecule has 0 aliphatic carbocycles. The lowest BCUT2D eigenvalue weighted by atomic mass is 10.1. The number of alkyl halides is 2. The second-order valence-corrected chi connectivity index (χ2v) is 3.03. The smallest absolute Gasteiger partial charge is 0.322 e. The van der Waals surface area contributed by atoms with Gasteiger partial charge < -0.3 is 9.64 Å². The van der Waals surface area contributed by atoms with Gasteiger partial charge in [0, 0.05) is 6.54 Å². The fourth-order valence-corrected chi connectivity index (χ4v) is 1.45. The van der Waals surface area contributed by atoms with E-state index in [9.17, 15) is 8.78 Å². The number of hydrogen-bond acceptors (Lipinski definition) is 2. The van der Waals surface area contributed by atoms with Crippen molar-refractivity contribution in [3.05, 3.63) is 0 Å². The van der Waals surface area contributed by atoms with E-state index in [1.54, 1.807) is 0 Å². The Labute approximate surface area is 71.5 Å². The average molecular weight is 179 g/mol. The maximum Gasteiger partial charge on any atom is 0.345 e. The molecule has 12 heavy (non-hydrogen) atoms. The van der Waals surface area contributed by atoms with Crippen LogP contribution in [0.1, 0.15) is 19.3 Å². The van der Waals surface area contributed by atoms with Gasteiger partial charge in [0.25, 0.3) is 0 Å². The Balaban J connectivity index is 1.98. The topological polar surface area (TPSA) is 12.5 Å². The molecule has 1 aliphatic rings. The Hall–Kier alpha value is -0.220. The van der Waals surface area contributed by atoms with Crippen LogP contribution in [0.2, 0.25) is 0 Å². The average Bonchev–Trinajstić information content (AvgIpc) is 2.05. The van der Waals surface area contributed by atoms with Gasteiger partial charge in [-0.2, -0.15) is 8.78 Å². The maximum atomic E-state index is 11.5. The van der Waals surface area contributed by atoms with Gasteiger partial charge in [-0.1, -0.05) is 6.42 Å². The van der Waals surface area contributed by atoms with Crippen molar-refractivity contribution in [2.45, 2.75) is 25.9 Å². The van der Waals surface area contributed by atoms with Crippen LogP contribution in [0.3, 0.4) is 0 Å². The molecule has 0 spiro atoms. The van der Waals surface area contributed by atoms with Crippen molar-refractivity contribution in [3.8, 4) is 0 Å². The Morgan fingerprint density at radius 3 is 2.42 bits per heavy atom. The summed E-state index contributed by atoms with van der Waals surface area (Å²) in [4.78, 5) is 2.17. The summed E-state index contributed by atoms with van der Waals surface area (Å²) in [6, 6.07) is 0. The number of rotatable bonds is 4. The molecule has 0 bridgehead atoms. The van der Waals surface area contributed by atoms with Gasteiger partial charge >= 0.3 is 6.61 Å². The van der Waals surface area contributed by atoms with Gasteiger partial charge in [0.2, 0.25) is 0 Å². The summed E-state index contributed by atoms with van der Waals surface area (Å²) >= 11 is 0. The third kappa shape index (κ3) is 3.97. The van der Waals surface area contributed by atoms with E-state index >= 15 is 0 Å². The molecule has 0 aromatic rings. The van der Waals surface area contributed by atoms with Crippen LogP contribution in [0.15, 0.2) is 0 Å². The molecule has 1 heterocycles. The SMILES string of the molecule is FC(F)OCCN1CCCCC1. The van der Waals surface area contributed by atoms with Crippen molar-refractivity contribution < 1.29 is 13.5 Å². The molecule has 0 unspecified atom stereocenters. The Kier molecular flexibility index (Phi) is 4.46. The van der Waals surface area contributed by atoms with E-state index in [0.29, 0.717) is 6.54 Å². The largest absolute Gasteiger partial charge is 0.345 e. The van der Waals surface area contributed by atoms with E-state index in [1.165, 1.54) is 19.3 Å². The van der Waals surface area contributed by atoms with Gasteiger partial charge in [-0.25, -0.2) is 0 Å². The number of nitrogens with zero attached hydrogens (tertiary/aromatic N) is 1. The van der Waals surface area contributed by atoms with E-state index in [1.807, 2.05) is 0 Å². The van der Waals surface area contributed by atoms with Crippen molar-refractivity contribution in [3.63, 3.8) is 0 Å². The second-order valence-electron chi connectivity index (χ2n) is 3.03. The fraction of sp³-hybridized carbons (Fsp3) is 1.00. The summed E-state index contributed by atoms with van der Waals surface area (Å²) in [7, 11) is 0. The van der Waals surface area contributed by atoms with E-state index in [2.05, 4.69) is 9.64 Å². The molecule has 2 nitrogen and oxygen atoms in total. The fourth-order valence-electron chi connectivity index (χ4n) is 1.45. The molecular formula is C8H15F2NO. The van der Waals surface area contributed by atoms with Gasteiger partial charge in [-0.15, -0.1) is 0 Å². The minimum absolute atomic E-state index is 0.150. The zero-order chi connectivity index (χ0) is 8.81. The highest BCUT2D eigenvalue weighted by Gasteiger charge is 2.10. The van der Waals surface area contributed by atoms with Crippen LogP contribution in [0, 0.1) is 0 Å². The summed E-state index contributed by atoms with van der Waals surface area (Å²) in [5, 5.41) is 0. The first-order chi connectivity index (χ1) is 5.79. The zero-order valence-electron chi connectivity index (χ0n) is 7.14. The van der Waals surface area contributed by atoms with Crippen molar-refractivity contribution in [1.29, 1.82) is 0 Å². The predicted molar refractivity (Wildman–Crippen MR) is 42.2 cm³/mol. The third-order valence-corrected chi connectivity index (χ3v) is 2.10. The molecule has 0 aromatic heterocycles. The van der Waals surface area contributed by atoms with Crippen molar-refractivity contribution in [2.24, 2.45) is 0 Å². The first-order valence-electron chi connectivity index (χ1n) is 4.41. The lowest BCUT2D eigenvalue weighted by Crippen LogP contribution is -2.33. The summed E-state index contributed by atoms with van der Waals surface area (Å²) in [5.74, 6) is 0. The minimum atomic E-state index is -2.62. The highest BCUT2D eigenvalue weighted by Crippen LogP contribution is 2.08. The molecule has 0 N–H and O–H groups in total. The van der Waals surface area contributed by atoms with Crippen LogP contribution >= 0.6 is 0 Å². The van der Waals surface area contributed by atoms with Crippen LogP contribution in [0.4, 0.5) is 8.78 Å². The van der Waals surface area contributed by atoms with Gasteiger partial charge in [-0.3, -0.25) is 0 Å². The highest BCUT2D eigenvalue weighted by molar-refractivity contribution is 4.63. The number of halogens is 2. The van der Waals surface area contributed by atoms with Crippen LogP contribution in [-0.2, 0) is 4.74 Å². The number of piperidine rings is 1.